The van der Waals surface area contributed by atoms with Crippen molar-refractivity contribution in [3.05, 3.63) is 100 Å². The molecular formula is C28H19ClF6N8. The van der Waals surface area contributed by atoms with Crippen molar-refractivity contribution in [3.8, 4) is 6.07 Å². The summed E-state index contributed by atoms with van der Waals surface area (Å²) in [5.74, 6) is -3.00. The first kappa shape index (κ1) is 28.4. The maximum Gasteiger partial charge on any atom is 0.413 e. The van der Waals surface area contributed by atoms with Gasteiger partial charge in [-0.3, -0.25) is 9.99 Å². The van der Waals surface area contributed by atoms with E-state index in [0.29, 0.717) is 22.3 Å². The molecule has 0 spiro atoms. The molecule has 1 saturated carbocycles. The quantitative estimate of drug-likeness (QED) is 0.134. The fraction of sp³-hybridized carbons (Fsp3) is 0.179. The molecular weight excluding hydrogens is 598 g/mol. The Labute approximate surface area is 244 Å². The lowest BCUT2D eigenvalue weighted by Gasteiger charge is -2.28. The van der Waals surface area contributed by atoms with E-state index in [1.807, 2.05) is 6.07 Å². The van der Waals surface area contributed by atoms with Crippen LogP contribution in [0.2, 0.25) is 5.02 Å². The summed E-state index contributed by atoms with van der Waals surface area (Å²) in [6, 6.07) is 10.5. The average Bonchev–Trinajstić information content (AvgIpc) is 3.66. The smallest absolute Gasteiger partial charge is 0.373 e. The number of aromatic nitrogens is 2. The van der Waals surface area contributed by atoms with Crippen molar-refractivity contribution in [2.24, 2.45) is 0 Å². The van der Waals surface area contributed by atoms with Gasteiger partial charge in [-0.2, -0.15) is 22.8 Å². The Kier molecular flexibility index (Phi) is 6.94. The molecule has 1 unspecified atom stereocenters. The van der Waals surface area contributed by atoms with E-state index in [4.69, 9.17) is 11.6 Å². The van der Waals surface area contributed by atoms with Gasteiger partial charge < -0.3 is 16.1 Å². The number of nitriles is 1. The lowest BCUT2D eigenvalue weighted by molar-refractivity contribution is -0.195. The van der Waals surface area contributed by atoms with Gasteiger partial charge >= 0.3 is 6.18 Å². The van der Waals surface area contributed by atoms with E-state index in [-0.39, 0.29) is 40.3 Å². The molecule has 6 rings (SSSR count). The van der Waals surface area contributed by atoms with Crippen molar-refractivity contribution in [1.82, 2.24) is 25.9 Å². The standard InChI is InChI=1S/C28H19ClF6N8/c29-20-8-17(7-19-23(15(10-36)11-37-25(19)20)40-18-9-21(31)26(32)38-12-18)39-24(14-1-3-16(30)4-2-14)22-13-43(42-41-22)27(5-6-27)28(33,34)35/h1-4,7-9,11-13,24,39,41-42H,5-6H2,(H,37,40). The second kappa shape index (κ2) is 10.5. The van der Waals surface area contributed by atoms with Crippen LogP contribution in [0.4, 0.5) is 43.4 Å². The second-order valence-corrected chi connectivity index (χ2v) is 10.4. The Balaban J connectivity index is 1.41. The number of fused-ring (bicyclic) bond motifs is 1. The molecule has 1 aliphatic carbocycles. The average molecular weight is 617 g/mol. The summed E-state index contributed by atoms with van der Waals surface area (Å²) < 4.78 is 82.4. The number of anilines is 3. The van der Waals surface area contributed by atoms with Gasteiger partial charge in [0.25, 0.3) is 0 Å². The normalized spacial score (nSPS) is 16.3. The van der Waals surface area contributed by atoms with Crippen molar-refractivity contribution in [1.29, 1.82) is 5.26 Å². The van der Waals surface area contributed by atoms with Crippen LogP contribution in [-0.2, 0) is 0 Å². The molecule has 43 heavy (non-hydrogen) atoms. The summed E-state index contributed by atoms with van der Waals surface area (Å²) in [4.78, 5) is 7.61. The number of nitrogens with one attached hydrogen (secondary N) is 4. The molecule has 2 aromatic carbocycles. The maximum absolute atomic E-state index is 13.9. The summed E-state index contributed by atoms with van der Waals surface area (Å²) in [5.41, 5.74) is 5.04. The monoisotopic (exact) mass is 616 g/mol. The molecule has 4 aromatic rings. The number of pyridine rings is 2. The van der Waals surface area contributed by atoms with Crippen LogP contribution < -0.4 is 21.6 Å². The summed E-state index contributed by atoms with van der Waals surface area (Å²) in [6.07, 6.45) is -1.02. The number of alkyl halides is 3. The second-order valence-electron chi connectivity index (χ2n) is 9.98. The molecule has 2 aromatic heterocycles. The van der Waals surface area contributed by atoms with Crippen LogP contribution in [0.15, 0.2) is 66.8 Å². The van der Waals surface area contributed by atoms with Gasteiger partial charge in [0.15, 0.2) is 11.4 Å². The summed E-state index contributed by atoms with van der Waals surface area (Å²) >= 11 is 6.57. The molecule has 2 aliphatic rings. The number of hydrogen-bond donors (Lipinski definition) is 4. The van der Waals surface area contributed by atoms with Crippen molar-refractivity contribution >= 4 is 39.6 Å². The molecule has 0 bridgehead atoms. The molecule has 8 nitrogen and oxygen atoms in total. The summed E-state index contributed by atoms with van der Waals surface area (Å²) in [6.45, 7) is 0. The van der Waals surface area contributed by atoms with Crippen LogP contribution in [0, 0.1) is 28.9 Å². The Hall–Kier alpha value is -4.74. The third-order valence-corrected chi connectivity index (χ3v) is 7.53. The first-order valence-corrected chi connectivity index (χ1v) is 13.1. The lowest BCUT2D eigenvalue weighted by Crippen LogP contribution is -2.52. The highest BCUT2D eigenvalue weighted by Crippen LogP contribution is 2.53. The minimum absolute atomic E-state index is 0.0479. The molecule has 1 fully saturated rings. The zero-order valence-corrected chi connectivity index (χ0v) is 22.5. The zero-order chi connectivity index (χ0) is 30.5. The molecule has 0 radical (unpaired) electrons. The van der Waals surface area contributed by atoms with Crippen LogP contribution >= 0.6 is 11.6 Å². The molecule has 1 atom stereocenters. The van der Waals surface area contributed by atoms with E-state index in [9.17, 15) is 31.6 Å². The predicted molar refractivity (Wildman–Crippen MR) is 146 cm³/mol. The Bertz CT molecular complexity index is 1800. The molecule has 1 aliphatic heterocycles. The largest absolute Gasteiger partial charge is 0.413 e. The fourth-order valence-electron chi connectivity index (χ4n) is 4.84. The molecule has 0 amide bonds. The van der Waals surface area contributed by atoms with Crippen molar-refractivity contribution in [2.45, 2.75) is 30.6 Å². The van der Waals surface area contributed by atoms with E-state index < -0.39 is 35.3 Å². The van der Waals surface area contributed by atoms with Crippen LogP contribution in [0.25, 0.3) is 10.9 Å². The Morgan fingerprint density at radius 3 is 2.42 bits per heavy atom. The van der Waals surface area contributed by atoms with Crippen molar-refractivity contribution in [3.63, 3.8) is 0 Å². The highest BCUT2D eigenvalue weighted by Gasteiger charge is 2.67. The van der Waals surface area contributed by atoms with Gasteiger partial charge in [0.05, 0.1) is 45.4 Å². The van der Waals surface area contributed by atoms with Crippen molar-refractivity contribution < 1.29 is 26.3 Å². The molecule has 0 saturated heterocycles. The first-order chi connectivity index (χ1) is 20.5. The van der Waals surface area contributed by atoms with Gasteiger partial charge in [0.2, 0.25) is 5.95 Å². The van der Waals surface area contributed by atoms with Crippen LogP contribution in [0.3, 0.4) is 0 Å². The van der Waals surface area contributed by atoms with E-state index in [0.717, 1.165) is 17.3 Å². The zero-order valence-electron chi connectivity index (χ0n) is 21.7. The minimum Gasteiger partial charge on any atom is -0.373 e. The van der Waals surface area contributed by atoms with Gasteiger partial charge in [-0.1, -0.05) is 23.7 Å². The van der Waals surface area contributed by atoms with Crippen molar-refractivity contribution in [2.75, 3.05) is 10.6 Å². The van der Waals surface area contributed by atoms with E-state index >= 15 is 0 Å². The Morgan fingerprint density at radius 1 is 1.02 bits per heavy atom. The predicted octanol–water partition coefficient (Wildman–Crippen LogP) is 6.73. The number of hydrazine groups is 2. The summed E-state index contributed by atoms with van der Waals surface area (Å²) in [5, 5.41) is 17.3. The number of hydrogen-bond acceptors (Lipinski definition) is 8. The van der Waals surface area contributed by atoms with Crippen LogP contribution in [0.5, 0.6) is 0 Å². The molecule has 15 heteroatoms. The highest BCUT2D eigenvalue weighted by molar-refractivity contribution is 6.36. The number of benzene rings is 2. The molecule has 3 heterocycles. The van der Waals surface area contributed by atoms with Crippen LogP contribution in [-0.4, -0.2) is 26.7 Å². The Morgan fingerprint density at radius 2 is 1.77 bits per heavy atom. The number of rotatable bonds is 7. The molecule has 4 N–H and O–H groups in total. The van der Waals surface area contributed by atoms with Crippen LogP contribution in [0.1, 0.15) is 30.0 Å². The first-order valence-electron chi connectivity index (χ1n) is 12.7. The summed E-state index contributed by atoms with van der Waals surface area (Å²) in [7, 11) is 0. The van der Waals surface area contributed by atoms with E-state index in [1.165, 1.54) is 42.7 Å². The third-order valence-electron chi connectivity index (χ3n) is 7.24. The molecule has 220 valence electrons. The van der Waals surface area contributed by atoms with Gasteiger partial charge in [-0.15, -0.1) is 5.53 Å². The minimum atomic E-state index is -4.48. The fourth-order valence-corrected chi connectivity index (χ4v) is 5.11. The third kappa shape index (κ3) is 5.21. The lowest BCUT2D eigenvalue weighted by atomic mass is 10.0. The SMILES string of the molecule is N#Cc1cnc2c(Cl)cc(NC(C3=CN(C4(C(F)(F)F)CC4)NN3)c3ccc(F)cc3)cc2c1Nc1cnc(F)c(F)c1. The van der Waals surface area contributed by atoms with Gasteiger partial charge in [-0.25, -0.2) is 13.8 Å². The highest BCUT2D eigenvalue weighted by atomic mass is 35.5. The van der Waals surface area contributed by atoms with Gasteiger partial charge in [0, 0.05) is 29.5 Å². The topological polar surface area (TPSA) is 101 Å². The number of halogens is 7. The van der Waals surface area contributed by atoms with Gasteiger partial charge in [0.1, 0.15) is 11.9 Å². The van der Waals surface area contributed by atoms with Gasteiger partial charge in [-0.05, 0) is 42.7 Å². The van der Waals surface area contributed by atoms with E-state index in [1.54, 1.807) is 6.07 Å². The number of nitrogens with zero attached hydrogens (tertiary/aromatic N) is 4. The maximum atomic E-state index is 13.9. The van der Waals surface area contributed by atoms with E-state index in [2.05, 4.69) is 31.6 Å².